The highest BCUT2D eigenvalue weighted by atomic mass is 32.1. The number of thiophene rings is 1. The van der Waals surface area contributed by atoms with Crippen LogP contribution in [0.4, 0.5) is 0 Å². The molecule has 3 N–H and O–H groups in total. The highest BCUT2D eigenvalue weighted by Crippen LogP contribution is 2.44. The molecule has 24 heavy (non-hydrogen) atoms. The third-order valence-electron chi connectivity index (χ3n) is 5.90. The zero-order chi connectivity index (χ0) is 16.7. The summed E-state index contributed by atoms with van der Waals surface area (Å²) in [6.07, 6.45) is 8.67. The van der Waals surface area contributed by atoms with Crippen LogP contribution in [0.25, 0.3) is 0 Å². The standard InChI is InChI=1S/C18H25N3OS2/c1-10-2-5-15-13(6-10)9-16(24-15)17(22)20-21-18(23)19-14-8-11-3-4-12(14)7-11/h9-12,14H,2-8H2,1H3,(H,20,22)(H2,19,21,23)/t10-,11+,12+,14+/m0/s1. The Labute approximate surface area is 152 Å². The topological polar surface area (TPSA) is 53.2 Å². The number of fused-ring (bicyclic) bond motifs is 3. The minimum absolute atomic E-state index is 0.0841. The fourth-order valence-electron chi connectivity index (χ4n) is 4.62. The van der Waals surface area contributed by atoms with Crippen LogP contribution in [0.2, 0.25) is 0 Å². The van der Waals surface area contributed by atoms with Crippen LogP contribution >= 0.6 is 23.6 Å². The van der Waals surface area contributed by atoms with E-state index in [1.807, 2.05) is 0 Å². The van der Waals surface area contributed by atoms with Crippen LogP contribution in [0.5, 0.6) is 0 Å². The molecule has 1 heterocycles. The van der Waals surface area contributed by atoms with E-state index < -0.39 is 0 Å². The molecule has 0 unspecified atom stereocenters. The van der Waals surface area contributed by atoms with Crippen molar-refractivity contribution in [2.24, 2.45) is 17.8 Å². The molecule has 2 saturated carbocycles. The zero-order valence-corrected chi connectivity index (χ0v) is 15.7. The van der Waals surface area contributed by atoms with Gasteiger partial charge in [0.15, 0.2) is 5.11 Å². The average Bonchev–Trinajstić information content (AvgIpc) is 3.26. The molecule has 2 fully saturated rings. The monoisotopic (exact) mass is 363 g/mol. The molecule has 4 rings (SSSR count). The molecule has 3 aliphatic rings. The fourth-order valence-corrected chi connectivity index (χ4v) is 5.92. The molecule has 130 valence electrons. The quantitative estimate of drug-likeness (QED) is 0.558. The van der Waals surface area contributed by atoms with Gasteiger partial charge in [-0.25, -0.2) is 0 Å². The van der Waals surface area contributed by atoms with Crippen molar-refractivity contribution in [2.75, 3.05) is 0 Å². The van der Waals surface area contributed by atoms with Crippen LogP contribution in [-0.2, 0) is 12.8 Å². The Hall–Kier alpha value is -1.14. The predicted octanol–water partition coefficient (Wildman–Crippen LogP) is 3.17. The smallest absolute Gasteiger partial charge is 0.279 e. The van der Waals surface area contributed by atoms with Gasteiger partial charge in [-0.3, -0.25) is 15.6 Å². The van der Waals surface area contributed by atoms with Gasteiger partial charge >= 0.3 is 0 Å². The van der Waals surface area contributed by atoms with Crippen molar-refractivity contribution in [3.05, 3.63) is 21.4 Å². The van der Waals surface area contributed by atoms with E-state index in [9.17, 15) is 4.79 Å². The Bertz CT molecular complexity index is 657. The molecule has 4 atom stereocenters. The highest BCUT2D eigenvalue weighted by Gasteiger charge is 2.39. The van der Waals surface area contributed by atoms with Gasteiger partial charge in [0.05, 0.1) is 4.88 Å². The number of aryl methyl sites for hydroxylation is 1. The molecule has 0 radical (unpaired) electrons. The van der Waals surface area contributed by atoms with E-state index in [2.05, 4.69) is 29.2 Å². The average molecular weight is 364 g/mol. The van der Waals surface area contributed by atoms with E-state index in [1.54, 1.807) is 11.3 Å². The number of amides is 1. The molecule has 1 aromatic rings. The van der Waals surface area contributed by atoms with Gasteiger partial charge in [0.1, 0.15) is 0 Å². The number of rotatable bonds is 2. The van der Waals surface area contributed by atoms with E-state index in [4.69, 9.17) is 12.2 Å². The lowest BCUT2D eigenvalue weighted by atomic mass is 9.90. The maximum absolute atomic E-state index is 12.4. The normalized spacial score (nSPS) is 30.7. The largest absolute Gasteiger partial charge is 0.358 e. The zero-order valence-electron chi connectivity index (χ0n) is 14.1. The summed E-state index contributed by atoms with van der Waals surface area (Å²) in [5, 5.41) is 3.92. The molecule has 0 aliphatic heterocycles. The first-order valence-electron chi connectivity index (χ1n) is 9.07. The number of nitrogens with one attached hydrogen (secondary N) is 3. The van der Waals surface area contributed by atoms with Gasteiger partial charge < -0.3 is 5.32 Å². The van der Waals surface area contributed by atoms with Gasteiger partial charge in [-0.05, 0) is 80.1 Å². The van der Waals surface area contributed by atoms with Gasteiger partial charge in [0.25, 0.3) is 5.91 Å². The lowest BCUT2D eigenvalue weighted by molar-refractivity contribution is 0.0947. The molecule has 1 amide bonds. The first-order chi connectivity index (χ1) is 11.6. The summed E-state index contributed by atoms with van der Waals surface area (Å²) in [4.78, 5) is 14.5. The lowest BCUT2D eigenvalue weighted by Crippen LogP contribution is -2.50. The van der Waals surface area contributed by atoms with Gasteiger partial charge in [-0.1, -0.05) is 13.3 Å². The van der Waals surface area contributed by atoms with Crippen LogP contribution in [0.15, 0.2) is 6.07 Å². The Balaban J connectivity index is 1.28. The van der Waals surface area contributed by atoms with E-state index in [0.29, 0.717) is 11.2 Å². The van der Waals surface area contributed by atoms with E-state index >= 15 is 0 Å². The summed E-state index contributed by atoms with van der Waals surface area (Å²) in [7, 11) is 0. The predicted molar refractivity (Wildman–Crippen MR) is 101 cm³/mol. The Morgan fingerprint density at radius 3 is 2.88 bits per heavy atom. The van der Waals surface area contributed by atoms with Crippen molar-refractivity contribution in [1.29, 1.82) is 0 Å². The van der Waals surface area contributed by atoms with Gasteiger partial charge in [-0.15, -0.1) is 11.3 Å². The maximum Gasteiger partial charge on any atom is 0.279 e. The van der Waals surface area contributed by atoms with E-state index in [-0.39, 0.29) is 5.91 Å². The second-order valence-electron chi connectivity index (χ2n) is 7.74. The summed E-state index contributed by atoms with van der Waals surface area (Å²) in [5.74, 6) is 2.28. The van der Waals surface area contributed by atoms with Crippen molar-refractivity contribution < 1.29 is 4.79 Å². The van der Waals surface area contributed by atoms with Crippen LogP contribution in [0.1, 0.15) is 59.1 Å². The van der Waals surface area contributed by atoms with Crippen LogP contribution in [0.3, 0.4) is 0 Å². The molecule has 0 aromatic carbocycles. The summed E-state index contributed by atoms with van der Waals surface area (Å²) in [6.45, 7) is 2.28. The molecule has 3 aliphatic carbocycles. The van der Waals surface area contributed by atoms with Crippen molar-refractivity contribution in [3.8, 4) is 0 Å². The van der Waals surface area contributed by atoms with Crippen LogP contribution in [-0.4, -0.2) is 17.1 Å². The minimum atomic E-state index is -0.0841. The number of hydrogen-bond donors (Lipinski definition) is 3. The fraction of sp³-hybridized carbons (Fsp3) is 0.667. The summed E-state index contributed by atoms with van der Waals surface area (Å²) < 4.78 is 0. The van der Waals surface area contributed by atoms with Crippen LogP contribution in [0, 0.1) is 17.8 Å². The molecule has 6 heteroatoms. The van der Waals surface area contributed by atoms with E-state index in [0.717, 1.165) is 35.5 Å². The highest BCUT2D eigenvalue weighted by molar-refractivity contribution is 7.80. The number of hydrazine groups is 1. The third-order valence-corrected chi connectivity index (χ3v) is 7.35. The van der Waals surface area contributed by atoms with Crippen LogP contribution < -0.4 is 16.2 Å². The summed E-state index contributed by atoms with van der Waals surface area (Å²) in [5.41, 5.74) is 6.99. The van der Waals surface area contributed by atoms with Gasteiger partial charge in [0.2, 0.25) is 0 Å². The van der Waals surface area contributed by atoms with Crippen molar-refractivity contribution in [3.63, 3.8) is 0 Å². The van der Waals surface area contributed by atoms with Crippen molar-refractivity contribution in [2.45, 2.75) is 57.9 Å². The van der Waals surface area contributed by atoms with Crippen molar-refractivity contribution in [1.82, 2.24) is 16.2 Å². The molecule has 4 nitrogen and oxygen atoms in total. The lowest BCUT2D eigenvalue weighted by Gasteiger charge is -2.24. The Morgan fingerprint density at radius 1 is 1.25 bits per heavy atom. The minimum Gasteiger partial charge on any atom is -0.358 e. The molecule has 2 bridgehead atoms. The molecule has 0 saturated heterocycles. The van der Waals surface area contributed by atoms with E-state index in [1.165, 1.54) is 42.5 Å². The first-order valence-corrected chi connectivity index (χ1v) is 10.3. The second-order valence-corrected chi connectivity index (χ2v) is 9.29. The SMILES string of the molecule is C[C@H]1CCc2sc(C(=O)NNC(=S)N[C@@H]3C[C@@H]4CC[C@@H]3C4)cc2C1. The Morgan fingerprint density at radius 2 is 2.12 bits per heavy atom. The maximum atomic E-state index is 12.4. The first kappa shape index (κ1) is 16.3. The second kappa shape index (κ2) is 6.64. The Kier molecular flexibility index (Phi) is 4.52. The molecule has 1 aromatic heterocycles. The third kappa shape index (κ3) is 3.31. The van der Waals surface area contributed by atoms with Gasteiger partial charge in [0, 0.05) is 10.9 Å². The van der Waals surface area contributed by atoms with Gasteiger partial charge in [-0.2, -0.15) is 0 Å². The molecule has 0 spiro atoms. The molecular formula is C18H25N3OS2. The number of carbonyl (C=O) groups is 1. The van der Waals surface area contributed by atoms with Crippen molar-refractivity contribution >= 4 is 34.6 Å². The number of thiocarbonyl (C=S) groups is 1. The summed E-state index contributed by atoms with van der Waals surface area (Å²) in [6, 6.07) is 2.54. The molecular weight excluding hydrogens is 338 g/mol. The number of hydrogen-bond acceptors (Lipinski definition) is 3. The summed E-state index contributed by atoms with van der Waals surface area (Å²) >= 11 is 6.97. The number of carbonyl (C=O) groups excluding carboxylic acids is 1.